The lowest BCUT2D eigenvalue weighted by atomic mass is 9.88. The summed E-state index contributed by atoms with van der Waals surface area (Å²) in [6, 6.07) is 2.28. The Kier molecular flexibility index (Phi) is 5.38. The van der Waals surface area contributed by atoms with Crippen LogP contribution in [-0.4, -0.2) is 12.5 Å². The second-order valence-corrected chi connectivity index (χ2v) is 6.98. The van der Waals surface area contributed by atoms with Gasteiger partial charge < -0.3 is 11.1 Å². The number of hydrogen-bond donors (Lipinski definition) is 2. The van der Waals surface area contributed by atoms with Gasteiger partial charge in [0.1, 0.15) is 11.1 Å². The van der Waals surface area contributed by atoms with Crippen LogP contribution in [0.5, 0.6) is 0 Å². The smallest absolute Gasteiger partial charge is 0.229 e. The lowest BCUT2D eigenvalue weighted by Crippen LogP contribution is -2.29. The van der Waals surface area contributed by atoms with Gasteiger partial charge in [-0.2, -0.15) is 5.26 Å². The van der Waals surface area contributed by atoms with Gasteiger partial charge in [0.25, 0.3) is 0 Å². The number of amides is 1. The fourth-order valence-corrected chi connectivity index (χ4v) is 4.24. The highest BCUT2D eigenvalue weighted by atomic mass is 32.1. The average molecular weight is 305 g/mol. The molecule has 0 aromatic carbocycles. The summed E-state index contributed by atoms with van der Waals surface area (Å²) in [6.45, 7) is 4.63. The maximum Gasteiger partial charge on any atom is 0.229 e. The van der Waals surface area contributed by atoms with Crippen LogP contribution in [0.1, 0.15) is 49.1 Å². The zero-order valence-corrected chi connectivity index (χ0v) is 13.6. The quantitative estimate of drug-likeness (QED) is 0.877. The monoisotopic (exact) mass is 305 g/mol. The van der Waals surface area contributed by atoms with Crippen molar-refractivity contribution in [1.29, 1.82) is 5.26 Å². The minimum Gasteiger partial charge on any atom is -0.330 e. The van der Waals surface area contributed by atoms with E-state index >= 15 is 0 Å². The zero-order chi connectivity index (χ0) is 15.4. The summed E-state index contributed by atoms with van der Waals surface area (Å²) in [5.74, 6) is 0.435. The van der Waals surface area contributed by atoms with Gasteiger partial charge in [-0.15, -0.1) is 11.3 Å². The van der Waals surface area contributed by atoms with Crippen LogP contribution in [0.25, 0.3) is 0 Å². The molecular weight excluding hydrogens is 282 g/mol. The summed E-state index contributed by atoms with van der Waals surface area (Å²) in [5, 5.41) is 13.1. The molecule has 3 N–H and O–H groups in total. The number of fused-ring (bicyclic) bond motifs is 1. The van der Waals surface area contributed by atoms with Gasteiger partial charge in [-0.25, -0.2) is 0 Å². The fraction of sp³-hybridized carbons (Fsp3) is 0.625. The molecule has 2 atom stereocenters. The molecule has 1 heterocycles. The zero-order valence-electron chi connectivity index (χ0n) is 12.7. The highest BCUT2D eigenvalue weighted by Crippen LogP contribution is 2.39. The first-order valence-electron chi connectivity index (χ1n) is 7.66. The van der Waals surface area contributed by atoms with Crippen molar-refractivity contribution in [1.82, 2.24) is 0 Å². The molecule has 0 saturated heterocycles. The molecule has 1 aromatic heterocycles. The third-order valence-electron chi connectivity index (χ3n) is 4.15. The van der Waals surface area contributed by atoms with Crippen molar-refractivity contribution in [2.24, 2.45) is 17.6 Å². The van der Waals surface area contributed by atoms with E-state index in [1.807, 2.05) is 6.92 Å². The SMILES string of the molecule is CCCC(CN)C(=O)Nc1sc2c(c1C#N)CCC(C)C2. The third kappa shape index (κ3) is 3.45. The maximum absolute atomic E-state index is 12.3. The molecule has 5 heteroatoms. The van der Waals surface area contributed by atoms with Crippen LogP contribution in [0.4, 0.5) is 5.00 Å². The summed E-state index contributed by atoms with van der Waals surface area (Å²) in [7, 11) is 0. The van der Waals surface area contributed by atoms with E-state index in [4.69, 9.17) is 5.73 Å². The Balaban J connectivity index is 2.21. The lowest BCUT2D eigenvalue weighted by molar-refractivity contribution is -0.119. The van der Waals surface area contributed by atoms with Crippen molar-refractivity contribution < 1.29 is 4.79 Å². The minimum atomic E-state index is -0.167. The number of anilines is 1. The van der Waals surface area contributed by atoms with Crippen molar-refractivity contribution >= 4 is 22.2 Å². The van der Waals surface area contributed by atoms with Gasteiger partial charge in [0.05, 0.1) is 11.5 Å². The Hall–Kier alpha value is -1.38. The fourth-order valence-electron chi connectivity index (χ4n) is 2.88. The molecule has 2 rings (SSSR count). The number of hydrogen-bond acceptors (Lipinski definition) is 4. The number of nitrogens with zero attached hydrogens (tertiary/aromatic N) is 1. The predicted octanol–water partition coefficient (Wildman–Crippen LogP) is 3.06. The van der Waals surface area contributed by atoms with Crippen molar-refractivity contribution in [3.05, 3.63) is 16.0 Å². The molecule has 0 spiro atoms. The van der Waals surface area contributed by atoms with Crippen LogP contribution in [0.3, 0.4) is 0 Å². The van der Waals surface area contributed by atoms with Gasteiger partial charge in [-0.05, 0) is 37.2 Å². The number of carbonyl (C=O) groups excluding carboxylic acids is 1. The molecule has 0 fully saturated rings. The topological polar surface area (TPSA) is 78.9 Å². The van der Waals surface area contributed by atoms with Crippen LogP contribution in [0.2, 0.25) is 0 Å². The molecule has 0 aliphatic heterocycles. The highest BCUT2D eigenvalue weighted by molar-refractivity contribution is 7.16. The second kappa shape index (κ2) is 7.06. The number of nitriles is 1. The molecule has 1 amide bonds. The van der Waals surface area contributed by atoms with E-state index in [1.165, 1.54) is 4.88 Å². The van der Waals surface area contributed by atoms with Crippen LogP contribution >= 0.6 is 11.3 Å². The van der Waals surface area contributed by atoms with E-state index in [2.05, 4.69) is 18.3 Å². The molecule has 1 aliphatic carbocycles. The molecule has 21 heavy (non-hydrogen) atoms. The summed E-state index contributed by atoms with van der Waals surface area (Å²) in [5.41, 5.74) is 7.49. The molecule has 0 saturated carbocycles. The summed E-state index contributed by atoms with van der Waals surface area (Å²) in [4.78, 5) is 13.5. The van der Waals surface area contributed by atoms with Gasteiger partial charge in [-0.3, -0.25) is 4.79 Å². The molecule has 0 radical (unpaired) electrons. The Morgan fingerprint density at radius 3 is 3.00 bits per heavy atom. The largest absolute Gasteiger partial charge is 0.330 e. The average Bonchev–Trinajstić information content (AvgIpc) is 2.80. The number of nitrogens with one attached hydrogen (secondary N) is 1. The van der Waals surface area contributed by atoms with Gasteiger partial charge >= 0.3 is 0 Å². The Morgan fingerprint density at radius 2 is 2.38 bits per heavy atom. The van der Waals surface area contributed by atoms with Gasteiger partial charge in [0, 0.05) is 11.4 Å². The summed E-state index contributed by atoms with van der Waals surface area (Å²) >= 11 is 1.57. The minimum absolute atomic E-state index is 0.0532. The first-order valence-corrected chi connectivity index (χ1v) is 8.47. The maximum atomic E-state index is 12.3. The molecule has 1 aromatic rings. The van der Waals surface area contributed by atoms with Crippen LogP contribution < -0.4 is 11.1 Å². The second-order valence-electron chi connectivity index (χ2n) is 5.88. The number of thiophene rings is 1. The van der Waals surface area contributed by atoms with Gasteiger partial charge in [0.2, 0.25) is 5.91 Å². The molecule has 2 unspecified atom stereocenters. The normalized spacial score (nSPS) is 18.7. The highest BCUT2D eigenvalue weighted by Gasteiger charge is 2.25. The van der Waals surface area contributed by atoms with E-state index in [9.17, 15) is 10.1 Å². The van der Waals surface area contributed by atoms with Crippen LogP contribution in [-0.2, 0) is 17.6 Å². The van der Waals surface area contributed by atoms with Gasteiger partial charge in [-0.1, -0.05) is 20.3 Å². The van der Waals surface area contributed by atoms with E-state index in [0.717, 1.165) is 42.7 Å². The number of rotatable bonds is 5. The summed E-state index contributed by atoms with van der Waals surface area (Å²) < 4.78 is 0. The predicted molar refractivity (Wildman–Crippen MR) is 86.3 cm³/mol. The van der Waals surface area contributed by atoms with E-state index in [-0.39, 0.29) is 11.8 Å². The van der Waals surface area contributed by atoms with Crippen molar-refractivity contribution in [2.45, 2.75) is 46.0 Å². The van der Waals surface area contributed by atoms with Crippen LogP contribution in [0, 0.1) is 23.2 Å². The summed E-state index contributed by atoms with van der Waals surface area (Å²) in [6.07, 6.45) is 4.79. The molecule has 0 bridgehead atoms. The third-order valence-corrected chi connectivity index (χ3v) is 5.32. The number of carbonyl (C=O) groups is 1. The van der Waals surface area contributed by atoms with E-state index < -0.39 is 0 Å². The standard InChI is InChI=1S/C16H23N3OS/c1-3-4-11(8-17)15(20)19-16-13(9-18)12-6-5-10(2)7-14(12)21-16/h10-11H,3-8,17H2,1-2H3,(H,19,20). The Labute approximate surface area is 130 Å². The van der Waals surface area contributed by atoms with E-state index in [0.29, 0.717) is 18.0 Å². The van der Waals surface area contributed by atoms with Gasteiger partial charge in [0.15, 0.2) is 0 Å². The van der Waals surface area contributed by atoms with Crippen molar-refractivity contribution in [2.75, 3.05) is 11.9 Å². The van der Waals surface area contributed by atoms with Crippen LogP contribution in [0.15, 0.2) is 0 Å². The van der Waals surface area contributed by atoms with Crippen molar-refractivity contribution in [3.8, 4) is 6.07 Å². The van der Waals surface area contributed by atoms with Crippen molar-refractivity contribution in [3.63, 3.8) is 0 Å². The Bertz CT molecular complexity index is 559. The lowest BCUT2D eigenvalue weighted by Gasteiger charge is -2.17. The molecule has 4 nitrogen and oxygen atoms in total. The molecule has 114 valence electrons. The Morgan fingerprint density at radius 1 is 1.62 bits per heavy atom. The first-order chi connectivity index (χ1) is 10.1. The first kappa shape index (κ1) is 16.0. The molecule has 1 aliphatic rings. The molecular formula is C16H23N3OS. The number of nitrogens with two attached hydrogens (primary N) is 1. The van der Waals surface area contributed by atoms with E-state index in [1.54, 1.807) is 11.3 Å².